The first-order valence-corrected chi connectivity index (χ1v) is 8.65. The van der Waals surface area contributed by atoms with E-state index in [-0.39, 0.29) is 29.6 Å². The van der Waals surface area contributed by atoms with Crippen molar-refractivity contribution < 1.29 is 9.72 Å². The average molecular weight is 358 g/mol. The third kappa shape index (κ3) is 4.47. The number of nitro groups is 1. The lowest BCUT2D eigenvalue weighted by atomic mass is 9.79. The lowest BCUT2D eigenvalue weighted by Crippen LogP contribution is -2.39. The van der Waals surface area contributed by atoms with E-state index in [2.05, 4.69) is 36.4 Å². The molecule has 0 aliphatic heterocycles. The molecule has 0 radical (unpaired) electrons. The molecule has 0 aliphatic rings. The van der Waals surface area contributed by atoms with Gasteiger partial charge in [0.15, 0.2) is 0 Å². The number of nitrogens with one attached hydrogen (secondary N) is 1. The Hall–Kier alpha value is -2.70. The van der Waals surface area contributed by atoms with Gasteiger partial charge in [-0.3, -0.25) is 19.6 Å². The molecule has 0 aliphatic carbocycles. The van der Waals surface area contributed by atoms with Crippen LogP contribution in [0.1, 0.15) is 44.1 Å². The molecule has 2 rings (SSSR count). The van der Waals surface area contributed by atoms with Crippen LogP contribution in [0.15, 0.2) is 30.3 Å². The average Bonchev–Trinajstić information content (AvgIpc) is 2.81. The summed E-state index contributed by atoms with van der Waals surface area (Å²) >= 11 is 0. The predicted molar refractivity (Wildman–Crippen MR) is 100 cm³/mol. The second-order valence-electron chi connectivity index (χ2n) is 7.36. The highest BCUT2D eigenvalue weighted by atomic mass is 16.6. The number of rotatable bonds is 7. The molecule has 2 aromatic rings. The van der Waals surface area contributed by atoms with Crippen molar-refractivity contribution in [1.82, 2.24) is 15.1 Å². The van der Waals surface area contributed by atoms with Crippen LogP contribution in [0.25, 0.3) is 0 Å². The highest BCUT2D eigenvalue weighted by Crippen LogP contribution is 2.28. The zero-order valence-electron chi connectivity index (χ0n) is 15.9. The summed E-state index contributed by atoms with van der Waals surface area (Å²) in [4.78, 5) is 22.9. The van der Waals surface area contributed by atoms with Crippen molar-refractivity contribution in [2.75, 3.05) is 0 Å². The predicted octanol–water partition coefficient (Wildman–Crippen LogP) is 3.28. The summed E-state index contributed by atoms with van der Waals surface area (Å²) < 4.78 is 1.39. The largest absolute Gasteiger partial charge is 0.352 e. The lowest BCUT2D eigenvalue weighted by molar-refractivity contribution is -0.386. The van der Waals surface area contributed by atoms with Crippen LogP contribution in [-0.2, 0) is 16.8 Å². The van der Waals surface area contributed by atoms with Gasteiger partial charge < -0.3 is 5.32 Å². The van der Waals surface area contributed by atoms with Gasteiger partial charge in [0.25, 0.3) is 0 Å². The molecular weight excluding hydrogens is 332 g/mol. The molecule has 0 fully saturated rings. The van der Waals surface area contributed by atoms with Crippen molar-refractivity contribution >= 4 is 11.6 Å². The summed E-state index contributed by atoms with van der Waals surface area (Å²) in [6.07, 6.45) is 0.778. The minimum atomic E-state index is -0.461. The van der Waals surface area contributed by atoms with E-state index in [0.717, 1.165) is 6.42 Å². The van der Waals surface area contributed by atoms with Gasteiger partial charge in [-0.25, -0.2) is 0 Å². The van der Waals surface area contributed by atoms with Crippen LogP contribution >= 0.6 is 0 Å². The Morgan fingerprint density at radius 1 is 1.31 bits per heavy atom. The number of hydrogen-bond acceptors (Lipinski definition) is 4. The molecule has 1 N–H and O–H groups in total. The highest BCUT2D eigenvalue weighted by Gasteiger charge is 2.25. The summed E-state index contributed by atoms with van der Waals surface area (Å²) in [6.45, 7) is 9.41. The summed E-state index contributed by atoms with van der Waals surface area (Å²) in [5.41, 5.74) is 1.81. The van der Waals surface area contributed by atoms with Gasteiger partial charge in [0, 0.05) is 6.04 Å². The monoisotopic (exact) mass is 358 g/mol. The second-order valence-corrected chi connectivity index (χ2v) is 7.36. The molecule has 1 amide bonds. The number of aryl methyl sites for hydroxylation is 1. The standard InChI is InChI=1S/C19H26N4O3/c1-13(11-19(4,5)16-9-7-6-8-10-16)20-17(24)12-22-15(3)18(23(25)26)14(2)21-22/h6-10,13H,11-12H2,1-5H3,(H,20,24). The Morgan fingerprint density at radius 2 is 1.92 bits per heavy atom. The summed E-state index contributed by atoms with van der Waals surface area (Å²) in [7, 11) is 0. The number of nitrogens with zero attached hydrogens (tertiary/aromatic N) is 3. The van der Waals surface area contributed by atoms with Gasteiger partial charge >= 0.3 is 5.69 Å². The molecule has 26 heavy (non-hydrogen) atoms. The zero-order chi connectivity index (χ0) is 19.5. The molecule has 7 nitrogen and oxygen atoms in total. The van der Waals surface area contributed by atoms with Crippen molar-refractivity contribution in [3.8, 4) is 0 Å². The summed E-state index contributed by atoms with van der Waals surface area (Å²) in [6, 6.07) is 10.1. The maximum atomic E-state index is 12.3. The normalized spacial score (nSPS) is 12.7. The van der Waals surface area contributed by atoms with Gasteiger partial charge in [0.1, 0.15) is 17.9 Å². The summed E-state index contributed by atoms with van der Waals surface area (Å²) in [5.74, 6) is -0.207. The third-order valence-corrected chi connectivity index (χ3v) is 4.60. The Balaban J connectivity index is 2.00. The SMILES string of the molecule is Cc1nn(CC(=O)NC(C)CC(C)(C)c2ccccc2)c(C)c1[N+](=O)[O-]. The fraction of sp³-hybridized carbons (Fsp3) is 0.474. The van der Waals surface area contributed by atoms with E-state index in [9.17, 15) is 14.9 Å². The van der Waals surface area contributed by atoms with Crippen molar-refractivity contribution in [2.45, 2.75) is 59.0 Å². The van der Waals surface area contributed by atoms with Gasteiger partial charge in [-0.2, -0.15) is 5.10 Å². The second kappa shape index (κ2) is 7.68. The number of carbonyl (C=O) groups excluding carboxylic acids is 1. The molecule has 7 heteroatoms. The van der Waals surface area contributed by atoms with Crippen LogP contribution in [0, 0.1) is 24.0 Å². The van der Waals surface area contributed by atoms with Crippen molar-refractivity contribution in [3.05, 3.63) is 57.4 Å². The first-order chi connectivity index (χ1) is 12.1. The zero-order valence-corrected chi connectivity index (χ0v) is 15.9. The van der Waals surface area contributed by atoms with Crippen LogP contribution in [-0.4, -0.2) is 26.7 Å². The molecular formula is C19H26N4O3. The van der Waals surface area contributed by atoms with Crippen molar-refractivity contribution in [3.63, 3.8) is 0 Å². The minimum Gasteiger partial charge on any atom is -0.352 e. The van der Waals surface area contributed by atoms with E-state index in [0.29, 0.717) is 11.4 Å². The van der Waals surface area contributed by atoms with E-state index in [1.807, 2.05) is 25.1 Å². The topological polar surface area (TPSA) is 90.1 Å². The van der Waals surface area contributed by atoms with E-state index in [1.54, 1.807) is 13.8 Å². The highest BCUT2D eigenvalue weighted by molar-refractivity contribution is 5.76. The first kappa shape index (κ1) is 19.6. The van der Waals surface area contributed by atoms with E-state index in [4.69, 9.17) is 0 Å². The molecule has 1 atom stereocenters. The van der Waals surface area contributed by atoms with Crippen LogP contribution < -0.4 is 5.32 Å². The maximum absolute atomic E-state index is 12.3. The van der Waals surface area contributed by atoms with Crippen molar-refractivity contribution in [2.24, 2.45) is 0 Å². The number of amides is 1. The van der Waals surface area contributed by atoms with Gasteiger partial charge in [-0.1, -0.05) is 44.2 Å². The summed E-state index contributed by atoms with van der Waals surface area (Å²) in [5, 5.41) is 18.1. The lowest BCUT2D eigenvalue weighted by Gasteiger charge is -2.29. The van der Waals surface area contributed by atoms with Gasteiger partial charge in [-0.05, 0) is 38.2 Å². The van der Waals surface area contributed by atoms with Gasteiger partial charge in [0.2, 0.25) is 5.91 Å². The van der Waals surface area contributed by atoms with Gasteiger partial charge in [0.05, 0.1) is 4.92 Å². The molecule has 140 valence electrons. The van der Waals surface area contributed by atoms with Crippen LogP contribution in [0.4, 0.5) is 5.69 Å². The van der Waals surface area contributed by atoms with Gasteiger partial charge in [-0.15, -0.1) is 0 Å². The smallest absolute Gasteiger partial charge is 0.312 e. The Labute approximate surface area is 153 Å². The Morgan fingerprint density at radius 3 is 2.46 bits per heavy atom. The Bertz CT molecular complexity index is 797. The molecule has 1 aromatic heterocycles. The number of benzene rings is 1. The number of carbonyl (C=O) groups is 1. The molecule has 1 heterocycles. The van der Waals surface area contributed by atoms with E-state index < -0.39 is 4.92 Å². The van der Waals surface area contributed by atoms with E-state index in [1.165, 1.54) is 10.2 Å². The quantitative estimate of drug-likeness (QED) is 0.607. The minimum absolute atomic E-state index is 0.0311. The fourth-order valence-corrected chi connectivity index (χ4v) is 3.39. The molecule has 0 bridgehead atoms. The molecule has 1 unspecified atom stereocenters. The van der Waals surface area contributed by atoms with Crippen LogP contribution in [0.3, 0.4) is 0 Å². The maximum Gasteiger partial charge on any atom is 0.312 e. The Kier molecular flexibility index (Phi) is 5.79. The first-order valence-electron chi connectivity index (χ1n) is 8.65. The molecule has 1 aromatic carbocycles. The molecule has 0 spiro atoms. The number of hydrogen-bond donors (Lipinski definition) is 1. The van der Waals surface area contributed by atoms with E-state index >= 15 is 0 Å². The van der Waals surface area contributed by atoms with Crippen molar-refractivity contribution in [1.29, 1.82) is 0 Å². The van der Waals surface area contributed by atoms with Crippen LogP contribution in [0.2, 0.25) is 0 Å². The van der Waals surface area contributed by atoms with Crippen LogP contribution in [0.5, 0.6) is 0 Å². The fourth-order valence-electron chi connectivity index (χ4n) is 3.39. The molecule has 0 saturated heterocycles. The third-order valence-electron chi connectivity index (χ3n) is 4.60. The number of aromatic nitrogens is 2. The molecule has 0 saturated carbocycles.